The average molecular weight is 290 g/mol. The number of rotatable bonds is 7. The molecule has 0 amide bonds. The van der Waals surface area contributed by atoms with Crippen LogP contribution in [0.2, 0.25) is 0 Å². The summed E-state index contributed by atoms with van der Waals surface area (Å²) in [7, 11) is 2.07. The summed E-state index contributed by atoms with van der Waals surface area (Å²) in [5.74, 6) is 3.97. The van der Waals surface area contributed by atoms with Gasteiger partial charge in [0.15, 0.2) is 0 Å². The van der Waals surface area contributed by atoms with Gasteiger partial charge in [0.05, 0.1) is 19.6 Å². The van der Waals surface area contributed by atoms with Crippen molar-refractivity contribution in [1.29, 1.82) is 0 Å². The number of nitrogens with zero attached hydrogens (tertiary/aromatic N) is 1. The molecule has 0 saturated carbocycles. The summed E-state index contributed by atoms with van der Waals surface area (Å²) in [4.78, 5) is 2.19. The summed E-state index contributed by atoms with van der Waals surface area (Å²) >= 11 is 0. The first-order valence-electron chi connectivity index (χ1n) is 7.49. The third-order valence-corrected chi connectivity index (χ3v) is 3.39. The van der Waals surface area contributed by atoms with E-state index >= 15 is 0 Å². The summed E-state index contributed by atoms with van der Waals surface area (Å²) in [6.45, 7) is 10.7. The lowest BCUT2D eigenvalue weighted by atomic mass is 10.2. The number of hydrogen-bond donors (Lipinski definition) is 1. The molecule has 0 saturated heterocycles. The molecule has 0 aliphatic heterocycles. The maximum absolute atomic E-state index is 5.94. The fourth-order valence-electron chi connectivity index (χ4n) is 2.30. The zero-order valence-corrected chi connectivity index (χ0v) is 13.7. The Morgan fingerprint density at radius 2 is 1.81 bits per heavy atom. The van der Waals surface area contributed by atoms with Gasteiger partial charge in [0.25, 0.3) is 0 Å². The van der Waals surface area contributed by atoms with Gasteiger partial charge in [-0.05, 0) is 44.7 Å². The first-order valence-corrected chi connectivity index (χ1v) is 7.49. The second kappa shape index (κ2) is 6.96. The number of aryl methyl sites for hydroxylation is 2. The molecule has 2 rings (SSSR count). The summed E-state index contributed by atoms with van der Waals surface area (Å²) in [5, 5.41) is 3.39. The maximum Gasteiger partial charge on any atom is 0.120 e. The smallest absolute Gasteiger partial charge is 0.120 e. The fourth-order valence-corrected chi connectivity index (χ4v) is 2.30. The van der Waals surface area contributed by atoms with Crippen LogP contribution in [0.15, 0.2) is 27.0 Å². The van der Waals surface area contributed by atoms with Gasteiger partial charge < -0.3 is 14.2 Å². The monoisotopic (exact) mass is 290 g/mol. The first kappa shape index (κ1) is 15.9. The highest BCUT2D eigenvalue weighted by Gasteiger charge is 2.11. The number of furan rings is 2. The van der Waals surface area contributed by atoms with Crippen molar-refractivity contribution in [3.63, 3.8) is 0 Å². The summed E-state index contributed by atoms with van der Waals surface area (Å²) in [6.07, 6.45) is 0. The molecule has 2 heterocycles. The van der Waals surface area contributed by atoms with Crippen LogP contribution in [0, 0.1) is 13.8 Å². The molecule has 0 fully saturated rings. The lowest BCUT2D eigenvalue weighted by Crippen LogP contribution is -2.21. The minimum Gasteiger partial charge on any atom is -0.465 e. The van der Waals surface area contributed by atoms with Crippen LogP contribution >= 0.6 is 0 Å². The van der Waals surface area contributed by atoms with E-state index in [1.807, 2.05) is 19.1 Å². The molecule has 0 aromatic carbocycles. The van der Waals surface area contributed by atoms with Gasteiger partial charge in [-0.3, -0.25) is 4.90 Å². The molecule has 0 radical (unpaired) electrons. The van der Waals surface area contributed by atoms with Crippen molar-refractivity contribution in [3.8, 4) is 0 Å². The molecule has 0 aliphatic rings. The van der Waals surface area contributed by atoms with Crippen LogP contribution in [0.4, 0.5) is 0 Å². The predicted molar refractivity (Wildman–Crippen MR) is 84.0 cm³/mol. The minimum absolute atomic E-state index is 0.461. The van der Waals surface area contributed by atoms with Crippen molar-refractivity contribution in [3.05, 3.63) is 46.8 Å². The lowest BCUT2D eigenvalue weighted by Gasteiger charge is -2.13. The van der Waals surface area contributed by atoms with Gasteiger partial charge in [-0.25, -0.2) is 0 Å². The normalized spacial score (nSPS) is 11.8. The zero-order chi connectivity index (χ0) is 15.4. The molecular weight excluding hydrogens is 264 g/mol. The highest BCUT2D eigenvalue weighted by molar-refractivity contribution is 5.20. The molecule has 116 valence electrons. The Hall–Kier alpha value is -1.52. The van der Waals surface area contributed by atoms with Crippen LogP contribution in [-0.4, -0.2) is 18.0 Å². The highest BCUT2D eigenvalue weighted by atomic mass is 16.3. The van der Waals surface area contributed by atoms with Crippen molar-refractivity contribution in [2.75, 3.05) is 7.05 Å². The standard InChI is InChI=1S/C17H26N2O2/c1-12(2)18-9-17-13(3)8-16(21-17)11-19(5)10-15-7-6-14(4)20-15/h6-8,12,18H,9-11H2,1-5H3. The molecule has 21 heavy (non-hydrogen) atoms. The second-order valence-electron chi connectivity index (χ2n) is 6.04. The average Bonchev–Trinajstić information content (AvgIpc) is 2.93. The van der Waals surface area contributed by atoms with Crippen LogP contribution < -0.4 is 5.32 Å². The Morgan fingerprint density at radius 3 is 2.43 bits per heavy atom. The molecule has 2 aromatic rings. The zero-order valence-electron chi connectivity index (χ0n) is 13.7. The van der Waals surface area contributed by atoms with Gasteiger partial charge in [-0.1, -0.05) is 13.8 Å². The highest BCUT2D eigenvalue weighted by Crippen LogP contribution is 2.17. The van der Waals surface area contributed by atoms with E-state index in [-0.39, 0.29) is 0 Å². The largest absolute Gasteiger partial charge is 0.465 e. The number of nitrogens with one attached hydrogen (secondary N) is 1. The molecule has 0 bridgehead atoms. The topological polar surface area (TPSA) is 41.5 Å². The third-order valence-electron chi connectivity index (χ3n) is 3.39. The lowest BCUT2D eigenvalue weighted by molar-refractivity contribution is 0.259. The molecular formula is C17H26N2O2. The van der Waals surface area contributed by atoms with E-state index in [0.29, 0.717) is 6.04 Å². The van der Waals surface area contributed by atoms with Gasteiger partial charge in [0, 0.05) is 6.04 Å². The van der Waals surface area contributed by atoms with E-state index in [1.54, 1.807) is 0 Å². The van der Waals surface area contributed by atoms with Crippen LogP contribution in [0.3, 0.4) is 0 Å². The van der Waals surface area contributed by atoms with Gasteiger partial charge in [-0.15, -0.1) is 0 Å². The molecule has 4 heteroatoms. The molecule has 0 unspecified atom stereocenters. The van der Waals surface area contributed by atoms with Gasteiger partial charge in [0.2, 0.25) is 0 Å². The molecule has 2 aromatic heterocycles. The maximum atomic E-state index is 5.94. The van der Waals surface area contributed by atoms with Gasteiger partial charge in [-0.2, -0.15) is 0 Å². The van der Waals surface area contributed by atoms with Gasteiger partial charge >= 0.3 is 0 Å². The van der Waals surface area contributed by atoms with Crippen molar-refractivity contribution >= 4 is 0 Å². The van der Waals surface area contributed by atoms with Crippen molar-refractivity contribution < 1.29 is 8.83 Å². The molecule has 1 N–H and O–H groups in total. The van der Waals surface area contributed by atoms with Crippen molar-refractivity contribution in [1.82, 2.24) is 10.2 Å². The van der Waals surface area contributed by atoms with E-state index in [0.717, 1.165) is 42.7 Å². The summed E-state index contributed by atoms with van der Waals surface area (Å²) in [6, 6.07) is 6.61. The summed E-state index contributed by atoms with van der Waals surface area (Å²) < 4.78 is 11.5. The van der Waals surface area contributed by atoms with Crippen LogP contribution in [0.1, 0.15) is 42.5 Å². The Kier molecular flexibility index (Phi) is 5.26. The van der Waals surface area contributed by atoms with E-state index in [9.17, 15) is 0 Å². The number of hydrogen-bond acceptors (Lipinski definition) is 4. The van der Waals surface area contributed by atoms with E-state index in [4.69, 9.17) is 8.83 Å². The molecule has 0 aliphatic carbocycles. The van der Waals surface area contributed by atoms with Crippen LogP contribution in [0.25, 0.3) is 0 Å². The first-order chi connectivity index (χ1) is 9.94. The molecule has 0 atom stereocenters. The fraction of sp³-hybridized carbons (Fsp3) is 0.529. The van der Waals surface area contributed by atoms with Crippen LogP contribution in [-0.2, 0) is 19.6 Å². The van der Waals surface area contributed by atoms with E-state index in [2.05, 4.69) is 44.1 Å². The molecule has 0 spiro atoms. The summed E-state index contributed by atoms with van der Waals surface area (Å²) in [5.41, 5.74) is 1.21. The predicted octanol–water partition coefficient (Wildman–Crippen LogP) is 3.62. The Labute approximate surface area is 127 Å². The van der Waals surface area contributed by atoms with E-state index < -0.39 is 0 Å². The minimum atomic E-state index is 0.461. The molecule has 4 nitrogen and oxygen atoms in total. The van der Waals surface area contributed by atoms with E-state index in [1.165, 1.54) is 5.56 Å². The quantitative estimate of drug-likeness (QED) is 0.845. The Morgan fingerprint density at radius 1 is 1.10 bits per heavy atom. The second-order valence-corrected chi connectivity index (χ2v) is 6.04. The van der Waals surface area contributed by atoms with Crippen LogP contribution in [0.5, 0.6) is 0 Å². The van der Waals surface area contributed by atoms with Crippen molar-refractivity contribution in [2.24, 2.45) is 0 Å². The Bertz CT molecular complexity index is 569. The SMILES string of the molecule is Cc1ccc(CN(C)Cc2cc(C)c(CNC(C)C)o2)o1. The Balaban J connectivity index is 1.91. The van der Waals surface area contributed by atoms with Gasteiger partial charge in [0.1, 0.15) is 23.0 Å². The third kappa shape index (κ3) is 4.76. The van der Waals surface area contributed by atoms with Crippen molar-refractivity contribution in [2.45, 2.75) is 53.4 Å².